The molecule has 3 N–H and O–H groups in total. The topological polar surface area (TPSA) is 72.8 Å². The van der Waals surface area contributed by atoms with Crippen LogP contribution in [0, 0.1) is 0 Å². The fourth-order valence-electron chi connectivity index (χ4n) is 2.60. The van der Waals surface area contributed by atoms with Crippen molar-refractivity contribution in [3.63, 3.8) is 0 Å². The number of carbonyl (C=O) groups excluding carboxylic acids is 1. The summed E-state index contributed by atoms with van der Waals surface area (Å²) in [4.78, 5) is 14.3. The molecule has 1 aromatic carbocycles. The van der Waals surface area contributed by atoms with E-state index in [1.807, 2.05) is 0 Å². The van der Waals surface area contributed by atoms with Crippen molar-refractivity contribution in [3.05, 3.63) is 23.8 Å². The molecule has 1 amide bonds. The molecule has 0 aromatic heterocycles. The molecule has 1 aliphatic rings. The fourth-order valence-corrected chi connectivity index (χ4v) is 2.60. The Bertz CT molecular complexity index is 442. The molecule has 1 unspecified atom stereocenters. The third-order valence-electron chi connectivity index (χ3n) is 3.65. The zero-order chi connectivity index (χ0) is 13.8. The summed E-state index contributed by atoms with van der Waals surface area (Å²) in [5.41, 5.74) is -0.0523. The molecule has 0 spiro atoms. The van der Waals surface area contributed by atoms with Crippen molar-refractivity contribution < 1.29 is 15.0 Å². The highest BCUT2D eigenvalue weighted by Gasteiger charge is 2.24. The van der Waals surface area contributed by atoms with Gasteiger partial charge in [0, 0.05) is 12.6 Å². The van der Waals surface area contributed by atoms with E-state index in [1.54, 1.807) is 0 Å². The molecule has 1 atom stereocenters. The van der Waals surface area contributed by atoms with Gasteiger partial charge in [-0.15, -0.1) is 0 Å². The van der Waals surface area contributed by atoms with Crippen LogP contribution in [-0.2, 0) is 0 Å². The summed E-state index contributed by atoms with van der Waals surface area (Å²) in [5, 5.41) is 22.0. The number of hydrogen-bond donors (Lipinski definition) is 3. The summed E-state index contributed by atoms with van der Waals surface area (Å²) in [7, 11) is 0. The predicted molar refractivity (Wildman–Crippen MR) is 72.4 cm³/mol. The Morgan fingerprint density at radius 2 is 2.11 bits per heavy atom. The number of hydrogen-bond acceptors (Lipinski definition) is 4. The Balaban J connectivity index is 1.98. The van der Waals surface area contributed by atoms with E-state index in [0.717, 1.165) is 25.9 Å². The van der Waals surface area contributed by atoms with Gasteiger partial charge in [0.05, 0.1) is 0 Å². The number of benzene rings is 1. The molecule has 1 fully saturated rings. The van der Waals surface area contributed by atoms with Crippen molar-refractivity contribution >= 4 is 5.91 Å². The Labute approximate surface area is 112 Å². The van der Waals surface area contributed by atoms with Crippen molar-refractivity contribution in [2.75, 3.05) is 19.6 Å². The van der Waals surface area contributed by atoms with Crippen LogP contribution < -0.4 is 5.32 Å². The summed E-state index contributed by atoms with van der Waals surface area (Å²) in [6.07, 6.45) is 2.22. The van der Waals surface area contributed by atoms with Gasteiger partial charge in [0.1, 0.15) is 17.1 Å². The van der Waals surface area contributed by atoms with Crippen molar-refractivity contribution in [1.29, 1.82) is 0 Å². The van der Waals surface area contributed by atoms with Crippen LogP contribution in [0.4, 0.5) is 0 Å². The van der Waals surface area contributed by atoms with Gasteiger partial charge >= 0.3 is 0 Å². The summed E-state index contributed by atoms with van der Waals surface area (Å²) < 4.78 is 0. The third-order valence-corrected chi connectivity index (χ3v) is 3.65. The largest absolute Gasteiger partial charge is 0.507 e. The maximum absolute atomic E-state index is 12.0. The van der Waals surface area contributed by atoms with E-state index < -0.39 is 5.91 Å². The van der Waals surface area contributed by atoms with Crippen molar-refractivity contribution in [2.45, 2.75) is 25.8 Å². The summed E-state index contributed by atoms with van der Waals surface area (Å²) in [6.45, 7) is 4.69. The van der Waals surface area contributed by atoms with E-state index in [1.165, 1.54) is 18.2 Å². The second kappa shape index (κ2) is 5.93. The van der Waals surface area contributed by atoms with Gasteiger partial charge in [0.25, 0.3) is 5.91 Å². The standard InChI is InChI=1S/C14H20N2O3/c1-2-16-8-4-5-10(16)9-15-14(19)13-11(17)6-3-7-12(13)18/h3,6-7,10,17-18H,2,4-5,8-9H2,1H3,(H,15,19). The van der Waals surface area contributed by atoms with Gasteiger partial charge in [-0.25, -0.2) is 0 Å². The van der Waals surface area contributed by atoms with Crippen LogP contribution in [-0.4, -0.2) is 46.7 Å². The number of rotatable bonds is 4. The Morgan fingerprint density at radius 3 is 2.74 bits per heavy atom. The molecule has 0 aliphatic carbocycles. The summed E-state index contributed by atoms with van der Waals surface area (Å²) in [6, 6.07) is 4.63. The second-order valence-electron chi connectivity index (χ2n) is 4.81. The number of phenols is 2. The molecule has 0 bridgehead atoms. The minimum absolute atomic E-state index is 0.0523. The molecule has 5 nitrogen and oxygen atoms in total. The summed E-state index contributed by atoms with van der Waals surface area (Å²) >= 11 is 0. The van der Waals surface area contributed by atoms with E-state index in [2.05, 4.69) is 17.1 Å². The molecule has 5 heteroatoms. The number of amides is 1. The molecule has 0 radical (unpaired) electrons. The van der Waals surface area contributed by atoms with E-state index in [0.29, 0.717) is 12.6 Å². The predicted octanol–water partition coefficient (Wildman–Crippen LogP) is 1.31. The van der Waals surface area contributed by atoms with Crippen molar-refractivity contribution in [1.82, 2.24) is 10.2 Å². The third kappa shape index (κ3) is 2.98. The number of nitrogens with one attached hydrogen (secondary N) is 1. The van der Waals surface area contributed by atoms with Crippen LogP contribution in [0.2, 0.25) is 0 Å². The first-order valence-corrected chi connectivity index (χ1v) is 6.66. The second-order valence-corrected chi connectivity index (χ2v) is 4.81. The number of carbonyl (C=O) groups is 1. The molecule has 19 heavy (non-hydrogen) atoms. The van der Waals surface area contributed by atoms with Gasteiger partial charge in [0.15, 0.2) is 0 Å². The first-order chi connectivity index (χ1) is 9.13. The van der Waals surface area contributed by atoms with Crippen LogP contribution in [0.25, 0.3) is 0 Å². The van der Waals surface area contributed by atoms with E-state index in [4.69, 9.17) is 0 Å². The van der Waals surface area contributed by atoms with Crippen molar-refractivity contribution in [2.24, 2.45) is 0 Å². The van der Waals surface area contributed by atoms with Crippen LogP contribution in [0.1, 0.15) is 30.1 Å². The zero-order valence-corrected chi connectivity index (χ0v) is 11.1. The average molecular weight is 264 g/mol. The van der Waals surface area contributed by atoms with Gasteiger partial charge in [-0.2, -0.15) is 0 Å². The molecular weight excluding hydrogens is 244 g/mol. The Hall–Kier alpha value is -1.75. The first kappa shape index (κ1) is 13.7. The lowest BCUT2D eigenvalue weighted by Gasteiger charge is -2.23. The van der Waals surface area contributed by atoms with Crippen LogP contribution in [0.3, 0.4) is 0 Å². The number of phenolic OH excluding ortho intramolecular Hbond substituents is 2. The highest BCUT2D eigenvalue weighted by atomic mass is 16.3. The SMILES string of the molecule is CCN1CCCC1CNC(=O)c1c(O)cccc1O. The number of aromatic hydroxyl groups is 2. The number of nitrogens with zero attached hydrogens (tertiary/aromatic N) is 1. The summed E-state index contributed by atoms with van der Waals surface area (Å²) in [5.74, 6) is -0.828. The molecule has 1 saturated heterocycles. The molecular formula is C14H20N2O3. The molecule has 0 saturated carbocycles. The van der Waals surface area contributed by atoms with E-state index in [9.17, 15) is 15.0 Å². The monoisotopic (exact) mass is 264 g/mol. The number of likely N-dealkylation sites (N-methyl/N-ethyl adjacent to an activating group) is 1. The van der Waals surface area contributed by atoms with Gasteiger partial charge in [0.2, 0.25) is 0 Å². The van der Waals surface area contributed by atoms with E-state index in [-0.39, 0.29) is 17.1 Å². The molecule has 1 heterocycles. The maximum atomic E-state index is 12.0. The van der Waals surface area contributed by atoms with Gasteiger partial charge in [-0.1, -0.05) is 13.0 Å². The first-order valence-electron chi connectivity index (χ1n) is 6.66. The highest BCUT2D eigenvalue weighted by molar-refractivity contribution is 5.99. The van der Waals surface area contributed by atoms with Gasteiger partial charge in [-0.3, -0.25) is 9.69 Å². The Kier molecular flexibility index (Phi) is 4.27. The molecule has 104 valence electrons. The van der Waals surface area contributed by atoms with E-state index >= 15 is 0 Å². The normalized spacial score (nSPS) is 19.5. The van der Waals surface area contributed by atoms with Crippen LogP contribution in [0.5, 0.6) is 11.5 Å². The van der Waals surface area contributed by atoms with Crippen LogP contribution >= 0.6 is 0 Å². The maximum Gasteiger partial charge on any atom is 0.258 e. The quantitative estimate of drug-likeness (QED) is 0.766. The lowest BCUT2D eigenvalue weighted by atomic mass is 10.1. The van der Waals surface area contributed by atoms with Gasteiger partial charge in [-0.05, 0) is 38.1 Å². The molecule has 1 aliphatic heterocycles. The van der Waals surface area contributed by atoms with Gasteiger partial charge < -0.3 is 15.5 Å². The van der Waals surface area contributed by atoms with Crippen LogP contribution in [0.15, 0.2) is 18.2 Å². The highest BCUT2D eigenvalue weighted by Crippen LogP contribution is 2.26. The van der Waals surface area contributed by atoms with Crippen molar-refractivity contribution in [3.8, 4) is 11.5 Å². The fraction of sp³-hybridized carbons (Fsp3) is 0.500. The lowest BCUT2D eigenvalue weighted by molar-refractivity contribution is 0.0936. The Morgan fingerprint density at radius 1 is 1.42 bits per heavy atom. The minimum atomic E-state index is -0.432. The minimum Gasteiger partial charge on any atom is -0.507 e. The number of likely N-dealkylation sites (tertiary alicyclic amines) is 1. The average Bonchev–Trinajstić information content (AvgIpc) is 2.83. The molecule has 1 aromatic rings. The molecule has 2 rings (SSSR count). The zero-order valence-electron chi connectivity index (χ0n) is 11.1. The smallest absolute Gasteiger partial charge is 0.258 e. The lowest BCUT2D eigenvalue weighted by Crippen LogP contribution is -2.40.